The quantitative estimate of drug-likeness (QED) is 0.790. The van der Waals surface area contributed by atoms with E-state index in [1.165, 1.54) is 24.8 Å². The lowest BCUT2D eigenvalue weighted by molar-refractivity contribution is 0.240. The second-order valence-electron chi connectivity index (χ2n) is 5.37. The minimum atomic E-state index is -0.0799. The smallest absolute Gasteiger partial charge is 0.314 e. The van der Waals surface area contributed by atoms with Crippen LogP contribution in [-0.2, 0) is 0 Å². The van der Waals surface area contributed by atoms with E-state index >= 15 is 0 Å². The van der Waals surface area contributed by atoms with E-state index in [-0.39, 0.29) is 11.9 Å². The third kappa shape index (κ3) is 4.63. The Kier molecular flexibility index (Phi) is 5.59. The van der Waals surface area contributed by atoms with Crippen LogP contribution in [-0.4, -0.2) is 24.1 Å². The van der Waals surface area contributed by atoms with E-state index in [1.807, 2.05) is 12.3 Å². The zero-order chi connectivity index (χ0) is 14.4. The van der Waals surface area contributed by atoms with Crippen LogP contribution in [0.4, 0.5) is 4.79 Å². The lowest BCUT2D eigenvalue weighted by Gasteiger charge is -2.11. The molecule has 0 saturated heterocycles. The van der Waals surface area contributed by atoms with Crippen molar-refractivity contribution in [2.45, 2.75) is 45.4 Å². The summed E-state index contributed by atoms with van der Waals surface area (Å²) >= 11 is 1.65. The maximum Gasteiger partial charge on any atom is 0.314 e. The molecule has 0 radical (unpaired) electrons. The van der Waals surface area contributed by atoms with Gasteiger partial charge in [-0.15, -0.1) is 11.3 Å². The molecular formula is C15H23N3OS. The maximum absolute atomic E-state index is 11.7. The third-order valence-electron chi connectivity index (χ3n) is 3.49. The van der Waals surface area contributed by atoms with Crippen molar-refractivity contribution in [3.8, 4) is 0 Å². The van der Waals surface area contributed by atoms with E-state index < -0.39 is 0 Å². The zero-order valence-corrected chi connectivity index (χ0v) is 13.1. The van der Waals surface area contributed by atoms with Gasteiger partial charge in [-0.2, -0.15) is 0 Å². The van der Waals surface area contributed by atoms with Crippen molar-refractivity contribution in [2.24, 2.45) is 0 Å². The number of aromatic nitrogens is 1. The lowest BCUT2D eigenvalue weighted by atomic mass is 10.2. The summed E-state index contributed by atoms with van der Waals surface area (Å²) < 4.78 is 0. The van der Waals surface area contributed by atoms with Crippen LogP contribution in [0.5, 0.6) is 0 Å². The molecule has 0 spiro atoms. The van der Waals surface area contributed by atoms with Crippen LogP contribution in [0.1, 0.15) is 49.2 Å². The molecule has 2 amide bonds. The largest absolute Gasteiger partial charge is 0.338 e. The minimum absolute atomic E-state index is 0.0799. The number of thiazole rings is 1. The molecule has 0 unspecified atom stereocenters. The van der Waals surface area contributed by atoms with Gasteiger partial charge in [-0.05, 0) is 32.6 Å². The van der Waals surface area contributed by atoms with Crippen molar-refractivity contribution < 1.29 is 4.79 Å². The number of hydrogen-bond donors (Lipinski definition) is 2. The van der Waals surface area contributed by atoms with E-state index in [4.69, 9.17) is 0 Å². The molecule has 5 heteroatoms. The molecule has 110 valence electrons. The van der Waals surface area contributed by atoms with E-state index in [9.17, 15) is 4.79 Å². The summed E-state index contributed by atoms with van der Waals surface area (Å²) in [7, 11) is 0. The minimum Gasteiger partial charge on any atom is -0.338 e. The topological polar surface area (TPSA) is 54.0 Å². The van der Waals surface area contributed by atoms with Gasteiger partial charge in [0, 0.05) is 30.1 Å². The summed E-state index contributed by atoms with van der Waals surface area (Å²) in [5.74, 6) is 0.261. The molecule has 1 heterocycles. The van der Waals surface area contributed by atoms with Gasteiger partial charge < -0.3 is 10.6 Å². The number of nitrogens with one attached hydrogen (secondary N) is 2. The van der Waals surface area contributed by atoms with E-state index in [0.29, 0.717) is 6.54 Å². The first-order chi connectivity index (χ1) is 9.65. The molecule has 1 aromatic rings. The van der Waals surface area contributed by atoms with Crippen molar-refractivity contribution in [3.05, 3.63) is 27.7 Å². The molecule has 20 heavy (non-hydrogen) atoms. The predicted octanol–water partition coefficient (Wildman–Crippen LogP) is 3.35. The number of rotatable bonds is 6. The summed E-state index contributed by atoms with van der Waals surface area (Å²) in [5.41, 5.74) is 2.53. The molecule has 1 aliphatic carbocycles. The number of carbonyl (C=O) groups is 1. The Balaban J connectivity index is 1.62. The fourth-order valence-corrected chi connectivity index (χ4v) is 3.15. The Morgan fingerprint density at radius 3 is 3.00 bits per heavy atom. The van der Waals surface area contributed by atoms with Gasteiger partial charge in [-0.3, -0.25) is 0 Å². The molecule has 1 atom stereocenters. The van der Waals surface area contributed by atoms with E-state index in [1.54, 1.807) is 11.3 Å². The molecule has 1 aliphatic rings. The predicted molar refractivity (Wildman–Crippen MR) is 83.2 cm³/mol. The first-order valence-electron chi connectivity index (χ1n) is 7.27. The van der Waals surface area contributed by atoms with Gasteiger partial charge in [0.05, 0.1) is 5.01 Å². The third-order valence-corrected chi connectivity index (χ3v) is 4.69. The fraction of sp³-hybridized carbons (Fsp3) is 0.600. The van der Waals surface area contributed by atoms with Gasteiger partial charge in [-0.1, -0.05) is 18.6 Å². The molecule has 0 fully saturated rings. The number of urea groups is 1. The van der Waals surface area contributed by atoms with Crippen LogP contribution in [0.15, 0.2) is 17.0 Å². The molecular weight excluding hydrogens is 270 g/mol. The first kappa shape index (κ1) is 15.0. The number of aryl methyl sites for hydroxylation is 1. The number of carbonyl (C=O) groups excluding carboxylic acids is 1. The molecule has 0 aliphatic heterocycles. The highest BCUT2D eigenvalue weighted by Gasteiger charge is 2.11. The normalized spacial score (nSPS) is 15.8. The summed E-state index contributed by atoms with van der Waals surface area (Å²) in [6.45, 7) is 5.43. The van der Waals surface area contributed by atoms with Crippen LogP contribution in [0.3, 0.4) is 0 Å². The van der Waals surface area contributed by atoms with Crippen LogP contribution >= 0.6 is 11.3 Å². The maximum atomic E-state index is 11.7. The molecule has 1 aromatic heterocycles. The molecule has 2 N–H and O–H groups in total. The van der Waals surface area contributed by atoms with Crippen molar-refractivity contribution in [3.63, 3.8) is 0 Å². The molecule has 0 aromatic carbocycles. The number of nitrogens with zero attached hydrogens (tertiary/aromatic N) is 1. The van der Waals surface area contributed by atoms with Gasteiger partial charge in [0.15, 0.2) is 0 Å². The molecule has 0 bridgehead atoms. The van der Waals surface area contributed by atoms with Gasteiger partial charge in [0.1, 0.15) is 0 Å². The summed E-state index contributed by atoms with van der Waals surface area (Å²) in [6.07, 6.45) is 6.95. The molecule has 2 rings (SSSR count). The average Bonchev–Trinajstić information content (AvgIpc) is 3.07. The second kappa shape index (κ2) is 7.43. The Bertz CT molecular complexity index is 481. The Labute approximate surface area is 124 Å². The van der Waals surface area contributed by atoms with Crippen molar-refractivity contribution >= 4 is 17.4 Å². The van der Waals surface area contributed by atoms with Crippen LogP contribution in [0.25, 0.3) is 0 Å². The highest BCUT2D eigenvalue weighted by Crippen LogP contribution is 2.20. The SMILES string of the molecule is Cc1csc([C@@H](C)CNC(=O)NCCC2=CCCC2)n1. The second-order valence-corrected chi connectivity index (χ2v) is 6.26. The van der Waals surface area contributed by atoms with Crippen LogP contribution in [0.2, 0.25) is 0 Å². The summed E-state index contributed by atoms with van der Waals surface area (Å²) in [4.78, 5) is 16.1. The van der Waals surface area contributed by atoms with Gasteiger partial charge in [-0.25, -0.2) is 9.78 Å². The highest BCUT2D eigenvalue weighted by molar-refractivity contribution is 7.09. The Hall–Kier alpha value is -1.36. The zero-order valence-electron chi connectivity index (χ0n) is 12.2. The van der Waals surface area contributed by atoms with Crippen LogP contribution < -0.4 is 10.6 Å². The van der Waals surface area contributed by atoms with Crippen molar-refractivity contribution in [1.82, 2.24) is 15.6 Å². The van der Waals surface area contributed by atoms with Gasteiger partial charge in [0.2, 0.25) is 0 Å². The van der Waals surface area contributed by atoms with Crippen LogP contribution in [0, 0.1) is 6.92 Å². The highest BCUT2D eigenvalue weighted by atomic mass is 32.1. The molecule has 0 saturated carbocycles. The van der Waals surface area contributed by atoms with E-state index in [0.717, 1.165) is 23.7 Å². The average molecular weight is 293 g/mol. The molecule has 4 nitrogen and oxygen atoms in total. The van der Waals surface area contributed by atoms with E-state index in [2.05, 4.69) is 28.6 Å². The Morgan fingerprint density at radius 2 is 2.35 bits per heavy atom. The Morgan fingerprint density at radius 1 is 1.50 bits per heavy atom. The lowest BCUT2D eigenvalue weighted by Crippen LogP contribution is -2.37. The van der Waals surface area contributed by atoms with Gasteiger partial charge >= 0.3 is 6.03 Å². The summed E-state index contributed by atoms with van der Waals surface area (Å²) in [5, 5.41) is 8.95. The fourth-order valence-electron chi connectivity index (χ4n) is 2.30. The number of hydrogen-bond acceptors (Lipinski definition) is 3. The monoisotopic (exact) mass is 293 g/mol. The summed E-state index contributed by atoms with van der Waals surface area (Å²) in [6, 6.07) is -0.0799. The first-order valence-corrected chi connectivity index (χ1v) is 8.14. The van der Waals surface area contributed by atoms with Crippen molar-refractivity contribution in [2.75, 3.05) is 13.1 Å². The number of amides is 2. The van der Waals surface area contributed by atoms with Gasteiger partial charge in [0.25, 0.3) is 0 Å². The standard InChI is InChI=1S/C15H23N3OS/c1-11(14-18-12(2)10-20-14)9-17-15(19)16-8-7-13-5-3-4-6-13/h5,10-11H,3-4,6-9H2,1-2H3,(H2,16,17,19)/t11-/m0/s1. The van der Waals surface area contributed by atoms with Crippen molar-refractivity contribution in [1.29, 1.82) is 0 Å². The number of allylic oxidation sites excluding steroid dienone is 1.